The van der Waals surface area contributed by atoms with Crippen LogP contribution in [0.4, 0.5) is 0 Å². The van der Waals surface area contributed by atoms with Gasteiger partial charge < -0.3 is 10.1 Å². The Morgan fingerprint density at radius 1 is 1.29 bits per heavy atom. The molecule has 84 valence electrons. The quantitative estimate of drug-likeness (QED) is 0.680. The van der Waals surface area contributed by atoms with Crippen LogP contribution in [0.15, 0.2) is 0 Å². The van der Waals surface area contributed by atoms with E-state index in [0.29, 0.717) is 12.1 Å². The van der Waals surface area contributed by atoms with Gasteiger partial charge in [0.2, 0.25) is 0 Å². The Morgan fingerprint density at radius 3 is 2.29 bits per heavy atom. The maximum Gasteiger partial charge on any atom is 0.0752 e. The second kappa shape index (κ2) is 5.72. The lowest BCUT2D eigenvalue weighted by Gasteiger charge is -2.26. The van der Waals surface area contributed by atoms with Crippen LogP contribution in [0.5, 0.6) is 0 Å². The number of likely N-dealkylation sites (N-methyl/N-ethyl adjacent to an activating group) is 1. The first-order valence-electron chi connectivity index (χ1n) is 5.89. The number of rotatable bonds is 7. The van der Waals surface area contributed by atoms with Crippen molar-refractivity contribution in [2.24, 2.45) is 11.8 Å². The van der Waals surface area contributed by atoms with E-state index in [1.165, 1.54) is 25.7 Å². The van der Waals surface area contributed by atoms with Crippen molar-refractivity contribution >= 4 is 0 Å². The van der Waals surface area contributed by atoms with Crippen LogP contribution in [0.2, 0.25) is 0 Å². The molecule has 0 aromatic heterocycles. The molecule has 0 heterocycles. The Balaban J connectivity index is 2.33. The predicted octanol–water partition coefficient (Wildman–Crippen LogP) is 2.44. The average molecular weight is 199 g/mol. The van der Waals surface area contributed by atoms with E-state index in [4.69, 9.17) is 4.74 Å². The van der Waals surface area contributed by atoms with Crippen LogP contribution in [0.1, 0.15) is 39.5 Å². The van der Waals surface area contributed by atoms with E-state index < -0.39 is 0 Å². The van der Waals surface area contributed by atoms with Crippen molar-refractivity contribution in [3.63, 3.8) is 0 Å². The minimum Gasteiger partial charge on any atom is -0.380 e. The average Bonchev–Trinajstić information content (AvgIpc) is 2.95. The highest BCUT2D eigenvalue weighted by Gasteiger charge is 2.35. The van der Waals surface area contributed by atoms with Gasteiger partial charge in [0.15, 0.2) is 0 Å². The van der Waals surface area contributed by atoms with Crippen molar-refractivity contribution in [3.05, 3.63) is 0 Å². The lowest BCUT2D eigenvalue weighted by molar-refractivity contribution is 0.0491. The van der Waals surface area contributed by atoms with Crippen molar-refractivity contribution in [2.45, 2.75) is 51.7 Å². The third-order valence-electron chi connectivity index (χ3n) is 3.18. The summed E-state index contributed by atoms with van der Waals surface area (Å²) in [6, 6.07) is 0.551. The molecule has 1 aliphatic carbocycles. The first-order valence-corrected chi connectivity index (χ1v) is 5.89. The van der Waals surface area contributed by atoms with Gasteiger partial charge >= 0.3 is 0 Å². The summed E-state index contributed by atoms with van der Waals surface area (Å²) in [6.07, 6.45) is 5.69. The zero-order chi connectivity index (χ0) is 10.6. The molecule has 2 unspecified atom stereocenters. The molecule has 2 heteroatoms. The van der Waals surface area contributed by atoms with E-state index in [1.54, 1.807) is 0 Å². The molecule has 1 N–H and O–H groups in total. The minimum absolute atomic E-state index is 0.443. The number of ether oxygens (including phenoxy) is 1. The summed E-state index contributed by atoms with van der Waals surface area (Å²) in [7, 11) is 3.90. The van der Waals surface area contributed by atoms with Gasteiger partial charge in [-0.05, 0) is 44.6 Å². The second-order valence-electron chi connectivity index (χ2n) is 4.90. The molecule has 0 aliphatic heterocycles. The van der Waals surface area contributed by atoms with Crippen molar-refractivity contribution in [1.29, 1.82) is 0 Å². The van der Waals surface area contributed by atoms with E-state index >= 15 is 0 Å². The van der Waals surface area contributed by atoms with Gasteiger partial charge in [0, 0.05) is 13.2 Å². The van der Waals surface area contributed by atoms with Crippen LogP contribution in [-0.2, 0) is 4.74 Å². The molecule has 0 bridgehead atoms. The Morgan fingerprint density at radius 2 is 1.93 bits per heavy atom. The first kappa shape index (κ1) is 12.0. The van der Waals surface area contributed by atoms with Crippen molar-refractivity contribution in [3.8, 4) is 0 Å². The molecule has 14 heavy (non-hydrogen) atoms. The summed E-state index contributed by atoms with van der Waals surface area (Å²) >= 11 is 0. The highest BCUT2D eigenvalue weighted by Crippen LogP contribution is 2.36. The van der Waals surface area contributed by atoms with Crippen LogP contribution in [0.3, 0.4) is 0 Å². The zero-order valence-electron chi connectivity index (χ0n) is 10.0. The molecule has 0 saturated heterocycles. The fourth-order valence-electron chi connectivity index (χ4n) is 2.10. The Kier molecular flexibility index (Phi) is 4.90. The van der Waals surface area contributed by atoms with Gasteiger partial charge in [-0.2, -0.15) is 0 Å². The van der Waals surface area contributed by atoms with Crippen LogP contribution < -0.4 is 5.32 Å². The molecule has 1 saturated carbocycles. The topological polar surface area (TPSA) is 21.3 Å². The van der Waals surface area contributed by atoms with Gasteiger partial charge in [0.25, 0.3) is 0 Å². The molecule has 0 aromatic rings. The molecular formula is C12H25NO. The monoisotopic (exact) mass is 199 g/mol. The van der Waals surface area contributed by atoms with Crippen LogP contribution in [0.25, 0.3) is 0 Å². The van der Waals surface area contributed by atoms with E-state index in [9.17, 15) is 0 Å². The smallest absolute Gasteiger partial charge is 0.0752 e. The fourth-order valence-corrected chi connectivity index (χ4v) is 2.10. The molecular weight excluding hydrogens is 174 g/mol. The molecule has 2 atom stereocenters. The van der Waals surface area contributed by atoms with E-state index in [2.05, 4.69) is 26.2 Å². The van der Waals surface area contributed by atoms with Crippen molar-refractivity contribution in [1.82, 2.24) is 5.32 Å². The van der Waals surface area contributed by atoms with Crippen LogP contribution in [0, 0.1) is 11.8 Å². The summed E-state index contributed by atoms with van der Waals surface area (Å²) < 4.78 is 5.60. The van der Waals surface area contributed by atoms with Gasteiger partial charge in [-0.1, -0.05) is 13.8 Å². The van der Waals surface area contributed by atoms with Crippen LogP contribution in [-0.4, -0.2) is 26.3 Å². The molecule has 0 radical (unpaired) electrons. The molecule has 0 amide bonds. The van der Waals surface area contributed by atoms with Gasteiger partial charge in [-0.15, -0.1) is 0 Å². The van der Waals surface area contributed by atoms with Gasteiger partial charge in [0.05, 0.1) is 6.10 Å². The molecule has 0 spiro atoms. The zero-order valence-corrected chi connectivity index (χ0v) is 10.0. The Labute approximate surface area is 88.4 Å². The fraction of sp³-hybridized carbons (Fsp3) is 1.00. The standard InChI is InChI=1S/C12H25NO/c1-9(2)5-8-11(13-3)12(14-4)10-6-7-10/h9-13H,5-8H2,1-4H3. The summed E-state index contributed by atoms with van der Waals surface area (Å²) in [4.78, 5) is 0. The van der Waals surface area contributed by atoms with Gasteiger partial charge in [-0.3, -0.25) is 0 Å². The summed E-state index contributed by atoms with van der Waals surface area (Å²) in [5.41, 5.74) is 0. The third-order valence-corrected chi connectivity index (χ3v) is 3.18. The lowest BCUT2D eigenvalue weighted by atomic mass is 9.97. The maximum atomic E-state index is 5.60. The molecule has 2 nitrogen and oxygen atoms in total. The summed E-state index contributed by atoms with van der Waals surface area (Å²) in [6.45, 7) is 4.57. The predicted molar refractivity (Wildman–Crippen MR) is 60.4 cm³/mol. The van der Waals surface area contributed by atoms with Gasteiger partial charge in [0.1, 0.15) is 0 Å². The number of methoxy groups -OCH3 is 1. The Hall–Kier alpha value is -0.0800. The Bertz CT molecular complexity index is 154. The molecule has 1 fully saturated rings. The lowest BCUT2D eigenvalue weighted by Crippen LogP contribution is -2.40. The summed E-state index contributed by atoms with van der Waals surface area (Å²) in [5, 5.41) is 3.40. The highest BCUT2D eigenvalue weighted by atomic mass is 16.5. The number of hydrogen-bond donors (Lipinski definition) is 1. The van der Waals surface area contributed by atoms with E-state index in [0.717, 1.165) is 11.8 Å². The molecule has 1 aliphatic rings. The van der Waals surface area contributed by atoms with Gasteiger partial charge in [-0.25, -0.2) is 0 Å². The minimum atomic E-state index is 0.443. The normalized spacial score (nSPS) is 21.2. The third kappa shape index (κ3) is 3.58. The highest BCUT2D eigenvalue weighted by molar-refractivity contribution is 4.89. The molecule has 1 rings (SSSR count). The van der Waals surface area contributed by atoms with Crippen LogP contribution >= 0.6 is 0 Å². The number of nitrogens with one attached hydrogen (secondary N) is 1. The first-order chi connectivity index (χ1) is 6.69. The SMILES string of the molecule is CNC(CCC(C)C)C(OC)C1CC1. The van der Waals surface area contributed by atoms with E-state index in [1.807, 2.05) is 7.11 Å². The maximum absolute atomic E-state index is 5.60. The van der Waals surface area contributed by atoms with Crippen molar-refractivity contribution < 1.29 is 4.74 Å². The second-order valence-corrected chi connectivity index (χ2v) is 4.90. The largest absolute Gasteiger partial charge is 0.380 e. The van der Waals surface area contributed by atoms with Crippen molar-refractivity contribution in [2.75, 3.05) is 14.2 Å². The number of hydrogen-bond acceptors (Lipinski definition) is 2. The summed E-state index contributed by atoms with van der Waals surface area (Å²) in [5.74, 6) is 1.62. The van der Waals surface area contributed by atoms with E-state index in [-0.39, 0.29) is 0 Å². The molecule has 0 aromatic carbocycles.